The van der Waals surface area contributed by atoms with Crippen LogP contribution in [0.15, 0.2) is 0 Å². The van der Waals surface area contributed by atoms with Gasteiger partial charge in [0.1, 0.15) is 0 Å². The lowest BCUT2D eigenvalue weighted by atomic mass is 9.53. The average Bonchev–Trinajstić information content (AvgIpc) is 2.43. The van der Waals surface area contributed by atoms with E-state index in [0.717, 1.165) is 13.0 Å². The molecular weight excluding hydrogens is 232 g/mol. The van der Waals surface area contributed by atoms with Gasteiger partial charge in [-0.2, -0.15) is 0 Å². The van der Waals surface area contributed by atoms with Crippen molar-refractivity contribution < 1.29 is 5.11 Å². The molecule has 0 rings (SSSR count). The Morgan fingerprint density at radius 2 is 1.11 bits per heavy atom. The SMILES string of the molecule is CCCC(CCC)C(CC)(CC)C(C)(C)CC.CO. The Morgan fingerprint density at radius 3 is 1.32 bits per heavy atom. The molecule has 0 aliphatic carbocycles. The lowest BCUT2D eigenvalue weighted by Gasteiger charge is -2.51. The fourth-order valence-corrected chi connectivity index (χ4v) is 4.08. The second-order valence-corrected chi connectivity index (χ2v) is 6.37. The fraction of sp³-hybridized carbons (Fsp3) is 1.00. The second-order valence-electron chi connectivity index (χ2n) is 6.37. The van der Waals surface area contributed by atoms with Gasteiger partial charge in [0.25, 0.3) is 0 Å². The van der Waals surface area contributed by atoms with E-state index in [1.807, 2.05) is 0 Å². The monoisotopic (exact) mass is 272 g/mol. The number of hydrogen-bond donors (Lipinski definition) is 1. The van der Waals surface area contributed by atoms with Crippen LogP contribution >= 0.6 is 0 Å². The van der Waals surface area contributed by atoms with E-state index in [-0.39, 0.29) is 0 Å². The first-order valence-electron chi connectivity index (χ1n) is 8.40. The molecule has 0 atom stereocenters. The van der Waals surface area contributed by atoms with Gasteiger partial charge < -0.3 is 5.11 Å². The average molecular weight is 273 g/mol. The summed E-state index contributed by atoms with van der Waals surface area (Å²) >= 11 is 0. The van der Waals surface area contributed by atoms with E-state index in [1.54, 1.807) is 0 Å². The number of aliphatic hydroxyl groups excluding tert-OH is 1. The van der Waals surface area contributed by atoms with Crippen molar-refractivity contribution in [1.82, 2.24) is 0 Å². The van der Waals surface area contributed by atoms with Crippen LogP contribution in [0, 0.1) is 16.7 Å². The van der Waals surface area contributed by atoms with Gasteiger partial charge in [0, 0.05) is 7.11 Å². The van der Waals surface area contributed by atoms with Crippen LogP contribution < -0.4 is 0 Å². The number of rotatable bonds is 9. The lowest BCUT2D eigenvalue weighted by Crippen LogP contribution is -2.43. The van der Waals surface area contributed by atoms with E-state index < -0.39 is 0 Å². The molecule has 0 radical (unpaired) electrons. The van der Waals surface area contributed by atoms with Crippen molar-refractivity contribution in [2.45, 2.75) is 93.4 Å². The Hall–Kier alpha value is -0.0400. The van der Waals surface area contributed by atoms with Crippen molar-refractivity contribution in [1.29, 1.82) is 0 Å². The van der Waals surface area contributed by atoms with Crippen molar-refractivity contribution >= 4 is 0 Å². The molecule has 0 aliphatic heterocycles. The summed E-state index contributed by atoms with van der Waals surface area (Å²) in [4.78, 5) is 0. The Kier molecular flexibility index (Phi) is 12.0. The minimum atomic E-state index is 0.478. The van der Waals surface area contributed by atoms with Gasteiger partial charge in [0.05, 0.1) is 0 Å². The zero-order chi connectivity index (χ0) is 15.5. The predicted molar refractivity (Wildman–Crippen MR) is 88.5 cm³/mol. The van der Waals surface area contributed by atoms with Gasteiger partial charge >= 0.3 is 0 Å². The highest BCUT2D eigenvalue weighted by Gasteiger charge is 2.45. The zero-order valence-electron chi connectivity index (χ0n) is 15.0. The summed E-state index contributed by atoms with van der Waals surface area (Å²) in [5, 5.41) is 7.00. The van der Waals surface area contributed by atoms with E-state index in [9.17, 15) is 0 Å². The quantitative estimate of drug-likeness (QED) is 0.541. The van der Waals surface area contributed by atoms with E-state index in [4.69, 9.17) is 5.11 Å². The Morgan fingerprint density at radius 1 is 0.737 bits per heavy atom. The third-order valence-electron chi connectivity index (χ3n) is 5.55. The van der Waals surface area contributed by atoms with Gasteiger partial charge in [-0.1, -0.05) is 80.6 Å². The summed E-state index contributed by atoms with van der Waals surface area (Å²) in [5.41, 5.74) is 1.03. The molecule has 0 amide bonds. The summed E-state index contributed by atoms with van der Waals surface area (Å²) in [6.45, 7) is 16.9. The van der Waals surface area contributed by atoms with Gasteiger partial charge in [-0.05, 0) is 29.6 Å². The smallest absolute Gasteiger partial charge is 0.0319 e. The molecule has 0 spiro atoms. The standard InChI is InChI=1S/C17H36.CH4O/c1-8-13-15(14-9-2)17(11-4,12-5)16(6,7)10-3;1-2/h15H,8-14H2,1-7H3;2H,1H3. The number of hydrogen-bond acceptors (Lipinski definition) is 1. The maximum atomic E-state index is 7.00. The summed E-state index contributed by atoms with van der Waals surface area (Å²) < 4.78 is 0. The molecule has 0 saturated carbocycles. The molecule has 19 heavy (non-hydrogen) atoms. The van der Waals surface area contributed by atoms with Gasteiger partial charge in [-0.3, -0.25) is 0 Å². The molecule has 0 saturated heterocycles. The minimum absolute atomic E-state index is 0.478. The maximum Gasteiger partial charge on any atom is 0.0319 e. The number of aliphatic hydroxyl groups is 1. The topological polar surface area (TPSA) is 20.2 Å². The summed E-state index contributed by atoms with van der Waals surface area (Å²) in [7, 11) is 1.00. The third kappa shape index (κ3) is 5.10. The summed E-state index contributed by atoms with van der Waals surface area (Å²) in [6, 6.07) is 0. The van der Waals surface area contributed by atoms with Gasteiger partial charge in [0.2, 0.25) is 0 Å². The van der Waals surface area contributed by atoms with E-state index >= 15 is 0 Å². The van der Waals surface area contributed by atoms with Gasteiger partial charge in [0.15, 0.2) is 0 Å². The Balaban J connectivity index is 0. The van der Waals surface area contributed by atoms with E-state index in [2.05, 4.69) is 48.5 Å². The molecule has 1 N–H and O–H groups in total. The summed E-state index contributed by atoms with van der Waals surface area (Å²) in [5.74, 6) is 0.919. The van der Waals surface area contributed by atoms with Crippen molar-refractivity contribution in [2.24, 2.45) is 16.7 Å². The Bertz CT molecular complexity index is 186. The van der Waals surface area contributed by atoms with Crippen LogP contribution in [0.4, 0.5) is 0 Å². The van der Waals surface area contributed by atoms with Gasteiger partial charge in [-0.25, -0.2) is 0 Å². The highest BCUT2D eigenvalue weighted by Crippen LogP contribution is 2.54. The van der Waals surface area contributed by atoms with E-state index in [1.165, 1.54) is 44.9 Å². The second kappa shape index (κ2) is 10.7. The molecule has 0 aromatic carbocycles. The normalized spacial score (nSPS) is 12.3. The highest BCUT2D eigenvalue weighted by molar-refractivity contribution is 4.95. The minimum Gasteiger partial charge on any atom is -0.400 e. The first-order valence-corrected chi connectivity index (χ1v) is 8.40. The molecule has 0 aromatic heterocycles. The molecule has 0 bridgehead atoms. The largest absolute Gasteiger partial charge is 0.400 e. The van der Waals surface area contributed by atoms with Crippen LogP contribution in [0.1, 0.15) is 93.4 Å². The van der Waals surface area contributed by atoms with Crippen LogP contribution in [0.5, 0.6) is 0 Å². The van der Waals surface area contributed by atoms with Crippen LogP contribution in [-0.4, -0.2) is 12.2 Å². The van der Waals surface area contributed by atoms with Crippen molar-refractivity contribution in [3.05, 3.63) is 0 Å². The zero-order valence-corrected chi connectivity index (χ0v) is 15.0. The van der Waals surface area contributed by atoms with Gasteiger partial charge in [-0.15, -0.1) is 0 Å². The molecule has 118 valence electrons. The van der Waals surface area contributed by atoms with Crippen LogP contribution in [0.25, 0.3) is 0 Å². The van der Waals surface area contributed by atoms with Crippen molar-refractivity contribution in [2.75, 3.05) is 7.11 Å². The molecule has 0 heterocycles. The van der Waals surface area contributed by atoms with Crippen LogP contribution in [-0.2, 0) is 0 Å². The highest BCUT2D eigenvalue weighted by atomic mass is 16.2. The van der Waals surface area contributed by atoms with Crippen molar-refractivity contribution in [3.8, 4) is 0 Å². The molecule has 1 heteroatoms. The Labute approximate surface area is 123 Å². The molecule has 0 aliphatic rings. The van der Waals surface area contributed by atoms with Crippen LogP contribution in [0.2, 0.25) is 0 Å². The molecule has 1 nitrogen and oxygen atoms in total. The van der Waals surface area contributed by atoms with Crippen LogP contribution in [0.3, 0.4) is 0 Å². The van der Waals surface area contributed by atoms with Crippen molar-refractivity contribution in [3.63, 3.8) is 0 Å². The fourth-order valence-electron chi connectivity index (χ4n) is 4.08. The maximum absolute atomic E-state index is 7.00. The summed E-state index contributed by atoms with van der Waals surface area (Å²) in [6.07, 6.45) is 9.50. The molecule has 0 unspecified atom stereocenters. The first kappa shape index (κ1) is 21.3. The molecule has 0 aromatic rings. The molecular formula is C18H40O. The first-order chi connectivity index (χ1) is 8.95. The van der Waals surface area contributed by atoms with E-state index in [0.29, 0.717) is 10.8 Å². The third-order valence-corrected chi connectivity index (χ3v) is 5.55. The predicted octanol–water partition coefficient (Wildman–Crippen LogP) is 6.05. The lowest BCUT2D eigenvalue weighted by molar-refractivity contribution is -0.0197. The molecule has 0 fully saturated rings.